The van der Waals surface area contributed by atoms with E-state index in [1.54, 1.807) is 10.6 Å². The van der Waals surface area contributed by atoms with Crippen molar-refractivity contribution < 1.29 is 4.42 Å². The number of nitrogens with one attached hydrogen (secondary N) is 1. The summed E-state index contributed by atoms with van der Waals surface area (Å²) in [7, 11) is 0. The molecule has 1 aliphatic rings. The smallest absolute Gasteiger partial charge is 0.254 e. The van der Waals surface area contributed by atoms with E-state index in [-0.39, 0.29) is 5.56 Å². The van der Waals surface area contributed by atoms with Crippen LogP contribution in [0.15, 0.2) is 27.4 Å². The topological polar surface area (TPSA) is 60.1 Å². The third-order valence-corrected chi connectivity index (χ3v) is 3.50. The summed E-state index contributed by atoms with van der Waals surface area (Å²) in [6, 6.07) is 6.10. The van der Waals surface area contributed by atoms with Gasteiger partial charge in [0.15, 0.2) is 0 Å². The average Bonchev–Trinajstić information content (AvgIpc) is 3.11. The Balaban J connectivity index is 1.72. The van der Waals surface area contributed by atoms with Gasteiger partial charge in [-0.15, -0.1) is 0 Å². The Kier molecular flexibility index (Phi) is 3.44. The number of nitrogens with zero attached hydrogens (tertiary/aromatic N) is 2. The zero-order valence-corrected chi connectivity index (χ0v) is 11.8. The van der Waals surface area contributed by atoms with Gasteiger partial charge in [-0.3, -0.25) is 9.36 Å². The summed E-state index contributed by atoms with van der Waals surface area (Å²) in [5.74, 6) is 2.41. The monoisotopic (exact) mass is 273 g/mol. The van der Waals surface area contributed by atoms with Crippen molar-refractivity contribution in [3.8, 4) is 0 Å². The Morgan fingerprint density at radius 1 is 1.35 bits per heavy atom. The predicted octanol–water partition coefficient (Wildman–Crippen LogP) is 1.75. The van der Waals surface area contributed by atoms with E-state index >= 15 is 0 Å². The minimum atomic E-state index is -0.0379. The second kappa shape index (κ2) is 5.25. The number of aryl methyl sites for hydroxylation is 2. The normalized spacial score (nSPS) is 14.7. The molecule has 20 heavy (non-hydrogen) atoms. The molecule has 2 heterocycles. The molecule has 0 aromatic carbocycles. The molecule has 0 unspecified atom stereocenters. The van der Waals surface area contributed by atoms with E-state index in [9.17, 15) is 4.79 Å². The molecular formula is C15H19N3O2. The molecule has 0 spiro atoms. The largest absolute Gasteiger partial charge is 0.463 e. The van der Waals surface area contributed by atoms with Crippen molar-refractivity contribution >= 4 is 0 Å². The first-order chi connectivity index (χ1) is 9.61. The molecule has 2 aromatic heterocycles. The summed E-state index contributed by atoms with van der Waals surface area (Å²) >= 11 is 0. The summed E-state index contributed by atoms with van der Waals surface area (Å²) < 4.78 is 7.38. The Morgan fingerprint density at radius 3 is 2.80 bits per heavy atom. The van der Waals surface area contributed by atoms with Gasteiger partial charge in [0, 0.05) is 17.8 Å². The summed E-state index contributed by atoms with van der Waals surface area (Å²) in [5, 5.41) is 3.41. The van der Waals surface area contributed by atoms with Gasteiger partial charge in [0.25, 0.3) is 5.56 Å². The van der Waals surface area contributed by atoms with Crippen LogP contribution in [0.4, 0.5) is 0 Å². The summed E-state index contributed by atoms with van der Waals surface area (Å²) in [6.45, 7) is 4.85. The van der Waals surface area contributed by atoms with Gasteiger partial charge in [-0.1, -0.05) is 0 Å². The van der Waals surface area contributed by atoms with Gasteiger partial charge in [-0.25, -0.2) is 4.98 Å². The zero-order valence-electron chi connectivity index (χ0n) is 11.8. The van der Waals surface area contributed by atoms with Crippen molar-refractivity contribution in [3.63, 3.8) is 0 Å². The van der Waals surface area contributed by atoms with Crippen molar-refractivity contribution in [2.24, 2.45) is 0 Å². The highest BCUT2D eigenvalue weighted by Crippen LogP contribution is 2.19. The molecule has 5 heteroatoms. The van der Waals surface area contributed by atoms with E-state index in [2.05, 4.69) is 10.3 Å². The third kappa shape index (κ3) is 2.99. The van der Waals surface area contributed by atoms with Gasteiger partial charge in [0.05, 0.1) is 13.1 Å². The lowest BCUT2D eigenvalue weighted by Gasteiger charge is -2.07. The van der Waals surface area contributed by atoms with Crippen LogP contribution >= 0.6 is 0 Å². The Labute approximate surface area is 117 Å². The molecule has 5 nitrogen and oxygen atoms in total. The van der Waals surface area contributed by atoms with Crippen molar-refractivity contribution in [1.29, 1.82) is 0 Å². The molecule has 1 saturated carbocycles. The van der Waals surface area contributed by atoms with Crippen LogP contribution < -0.4 is 10.9 Å². The minimum absolute atomic E-state index is 0.0379. The van der Waals surface area contributed by atoms with E-state index in [0.29, 0.717) is 18.4 Å². The Hall–Kier alpha value is -1.88. The van der Waals surface area contributed by atoms with Gasteiger partial charge >= 0.3 is 0 Å². The van der Waals surface area contributed by atoms with Gasteiger partial charge in [0.2, 0.25) is 0 Å². The number of hydrogen-bond acceptors (Lipinski definition) is 4. The van der Waals surface area contributed by atoms with Crippen molar-refractivity contribution in [2.75, 3.05) is 0 Å². The van der Waals surface area contributed by atoms with Crippen LogP contribution in [0.3, 0.4) is 0 Å². The second-order valence-corrected chi connectivity index (χ2v) is 5.39. The Morgan fingerprint density at radius 2 is 2.10 bits per heavy atom. The summed E-state index contributed by atoms with van der Waals surface area (Å²) in [4.78, 5) is 16.3. The van der Waals surface area contributed by atoms with Crippen LogP contribution in [0.2, 0.25) is 0 Å². The molecule has 0 bridgehead atoms. The predicted molar refractivity (Wildman–Crippen MR) is 75.6 cm³/mol. The van der Waals surface area contributed by atoms with Gasteiger partial charge in [0.1, 0.15) is 17.3 Å². The lowest BCUT2D eigenvalue weighted by molar-refractivity contribution is 0.432. The molecule has 0 saturated heterocycles. The molecule has 1 aliphatic carbocycles. The highest BCUT2D eigenvalue weighted by atomic mass is 16.3. The molecule has 0 aliphatic heterocycles. The maximum atomic E-state index is 12.0. The number of furan rings is 1. The van der Waals surface area contributed by atoms with E-state index in [1.807, 2.05) is 26.0 Å². The third-order valence-electron chi connectivity index (χ3n) is 3.50. The minimum Gasteiger partial charge on any atom is -0.463 e. The molecule has 1 N–H and O–H groups in total. The molecule has 0 radical (unpaired) electrons. The van der Waals surface area contributed by atoms with Crippen LogP contribution in [0.25, 0.3) is 0 Å². The van der Waals surface area contributed by atoms with E-state index in [0.717, 1.165) is 23.8 Å². The first kappa shape index (κ1) is 13.1. The lowest BCUT2D eigenvalue weighted by atomic mass is 10.3. The van der Waals surface area contributed by atoms with E-state index in [1.165, 1.54) is 12.8 Å². The lowest BCUT2D eigenvalue weighted by Crippen LogP contribution is -2.23. The van der Waals surface area contributed by atoms with E-state index < -0.39 is 0 Å². The van der Waals surface area contributed by atoms with Crippen molar-refractivity contribution in [1.82, 2.24) is 14.9 Å². The number of rotatable bonds is 5. The number of hydrogen-bond donors (Lipinski definition) is 1. The SMILES string of the molecule is Cc1cc(=O)n(Cc2ccc(CNC3CC3)o2)c(C)n1. The molecule has 0 atom stereocenters. The molecule has 106 valence electrons. The van der Waals surface area contributed by atoms with Crippen LogP contribution in [0.5, 0.6) is 0 Å². The van der Waals surface area contributed by atoms with Gasteiger partial charge in [-0.05, 0) is 38.8 Å². The van der Waals surface area contributed by atoms with Crippen LogP contribution in [0.1, 0.15) is 35.9 Å². The average molecular weight is 273 g/mol. The number of aromatic nitrogens is 2. The van der Waals surface area contributed by atoms with Crippen LogP contribution in [-0.4, -0.2) is 15.6 Å². The zero-order chi connectivity index (χ0) is 14.1. The fraction of sp³-hybridized carbons (Fsp3) is 0.467. The fourth-order valence-corrected chi connectivity index (χ4v) is 2.25. The highest BCUT2D eigenvalue weighted by Gasteiger charge is 2.20. The molecule has 2 aromatic rings. The maximum Gasteiger partial charge on any atom is 0.254 e. The van der Waals surface area contributed by atoms with Gasteiger partial charge in [-0.2, -0.15) is 0 Å². The molecule has 1 fully saturated rings. The first-order valence-electron chi connectivity index (χ1n) is 6.98. The molecular weight excluding hydrogens is 254 g/mol. The van der Waals surface area contributed by atoms with Crippen LogP contribution in [-0.2, 0) is 13.1 Å². The van der Waals surface area contributed by atoms with Crippen molar-refractivity contribution in [3.05, 3.63) is 51.6 Å². The highest BCUT2D eigenvalue weighted by molar-refractivity contribution is 5.10. The molecule has 3 rings (SSSR count). The summed E-state index contributed by atoms with van der Waals surface area (Å²) in [5.41, 5.74) is 0.710. The fourth-order valence-electron chi connectivity index (χ4n) is 2.25. The Bertz CT molecular complexity index is 668. The summed E-state index contributed by atoms with van der Waals surface area (Å²) in [6.07, 6.45) is 2.52. The van der Waals surface area contributed by atoms with Crippen molar-refractivity contribution in [2.45, 2.75) is 45.8 Å². The first-order valence-corrected chi connectivity index (χ1v) is 6.98. The standard InChI is InChI=1S/C15H19N3O2/c1-10-7-15(19)18(11(2)17-10)9-14-6-5-13(20-14)8-16-12-3-4-12/h5-7,12,16H,3-4,8-9H2,1-2H3. The van der Waals surface area contributed by atoms with E-state index in [4.69, 9.17) is 4.42 Å². The maximum absolute atomic E-state index is 12.0. The quantitative estimate of drug-likeness (QED) is 0.901. The van der Waals surface area contributed by atoms with Gasteiger partial charge < -0.3 is 9.73 Å². The van der Waals surface area contributed by atoms with Crippen LogP contribution in [0, 0.1) is 13.8 Å². The second-order valence-electron chi connectivity index (χ2n) is 5.39. The molecule has 0 amide bonds.